The number of carbonyl (C=O) groups is 1. The molecule has 0 saturated carbocycles. The van der Waals surface area contributed by atoms with Crippen molar-refractivity contribution < 1.29 is 4.79 Å². The first-order valence-corrected chi connectivity index (χ1v) is 11.8. The molecule has 5 nitrogen and oxygen atoms in total. The van der Waals surface area contributed by atoms with Crippen LogP contribution in [-0.2, 0) is 12.8 Å². The molecule has 0 bridgehead atoms. The lowest BCUT2D eigenvalue weighted by atomic mass is 9.96. The van der Waals surface area contributed by atoms with E-state index < -0.39 is 0 Å². The van der Waals surface area contributed by atoms with Gasteiger partial charge in [-0.05, 0) is 63.4 Å². The minimum absolute atomic E-state index is 0.00709. The fourth-order valence-corrected chi connectivity index (χ4v) is 5.54. The number of fused-ring (bicyclic) bond motifs is 2. The van der Waals surface area contributed by atoms with Crippen molar-refractivity contribution in [1.82, 2.24) is 20.2 Å². The van der Waals surface area contributed by atoms with Crippen LogP contribution in [0.25, 0.3) is 10.2 Å². The number of amides is 1. The summed E-state index contributed by atoms with van der Waals surface area (Å²) in [6, 6.07) is 6.34. The number of unbranched alkanes of at least 4 members (excludes halogenated alkanes) is 1. The van der Waals surface area contributed by atoms with Crippen molar-refractivity contribution in [2.24, 2.45) is 0 Å². The molecule has 0 aliphatic heterocycles. The van der Waals surface area contributed by atoms with E-state index in [4.69, 9.17) is 0 Å². The van der Waals surface area contributed by atoms with Gasteiger partial charge in [0.2, 0.25) is 0 Å². The maximum Gasteiger partial charge on any atom is 0.251 e. The maximum absolute atomic E-state index is 12.4. The zero-order chi connectivity index (χ0) is 19.3. The van der Waals surface area contributed by atoms with Crippen molar-refractivity contribution in [3.8, 4) is 0 Å². The molecular formula is C21H26N4OS2. The number of thiazole rings is 2. The number of hydrogen-bond acceptors (Lipinski definition) is 6. The van der Waals surface area contributed by atoms with Gasteiger partial charge in [0.15, 0.2) is 0 Å². The van der Waals surface area contributed by atoms with Gasteiger partial charge in [-0.2, -0.15) is 0 Å². The molecule has 1 aromatic carbocycles. The monoisotopic (exact) mass is 414 g/mol. The normalized spacial score (nSPS) is 16.4. The Hall–Kier alpha value is -1.83. The molecule has 4 rings (SSSR count). The van der Waals surface area contributed by atoms with Crippen LogP contribution in [0.1, 0.15) is 47.1 Å². The van der Waals surface area contributed by atoms with Crippen molar-refractivity contribution in [2.75, 3.05) is 19.6 Å². The number of benzene rings is 1. The van der Waals surface area contributed by atoms with Crippen molar-refractivity contribution >= 4 is 38.8 Å². The molecule has 0 spiro atoms. The van der Waals surface area contributed by atoms with Crippen LogP contribution in [0.5, 0.6) is 0 Å². The van der Waals surface area contributed by atoms with Crippen molar-refractivity contribution in [1.29, 1.82) is 0 Å². The first-order valence-electron chi connectivity index (χ1n) is 10.0. The van der Waals surface area contributed by atoms with Crippen LogP contribution in [-0.4, -0.2) is 46.5 Å². The van der Waals surface area contributed by atoms with Crippen molar-refractivity contribution in [3.05, 3.63) is 45.4 Å². The van der Waals surface area contributed by atoms with Gasteiger partial charge in [0, 0.05) is 23.0 Å². The Morgan fingerprint density at radius 3 is 3.04 bits per heavy atom. The summed E-state index contributed by atoms with van der Waals surface area (Å²) in [4.78, 5) is 25.2. The van der Waals surface area contributed by atoms with Crippen LogP contribution in [0.15, 0.2) is 29.2 Å². The Morgan fingerprint density at radius 2 is 2.14 bits per heavy atom. The second-order valence-electron chi connectivity index (χ2n) is 7.25. The van der Waals surface area contributed by atoms with E-state index in [9.17, 15) is 4.79 Å². The number of carbonyl (C=O) groups excluding carboxylic acids is 1. The minimum atomic E-state index is 0.00709. The average Bonchev–Trinajstić information content (AvgIpc) is 3.38. The van der Waals surface area contributed by atoms with Crippen molar-refractivity contribution in [2.45, 2.75) is 45.1 Å². The molecule has 3 aromatic rings. The molecule has 148 valence electrons. The molecule has 0 saturated heterocycles. The summed E-state index contributed by atoms with van der Waals surface area (Å²) in [5, 5.41) is 3.06. The van der Waals surface area contributed by atoms with Gasteiger partial charge in [-0.25, -0.2) is 9.97 Å². The Labute approximate surface area is 173 Å². The molecule has 1 unspecified atom stereocenters. The Balaban J connectivity index is 1.20. The molecule has 0 fully saturated rings. The lowest BCUT2D eigenvalue weighted by Crippen LogP contribution is -2.39. The largest absolute Gasteiger partial charge is 0.352 e. The fraction of sp³-hybridized carbons (Fsp3) is 0.476. The van der Waals surface area contributed by atoms with Crippen LogP contribution >= 0.6 is 22.7 Å². The predicted octanol–water partition coefficient (Wildman–Crippen LogP) is 4.14. The number of hydrogen-bond donors (Lipinski definition) is 1. The van der Waals surface area contributed by atoms with E-state index >= 15 is 0 Å². The van der Waals surface area contributed by atoms with Gasteiger partial charge in [-0.15, -0.1) is 22.7 Å². The number of nitrogens with zero attached hydrogens (tertiary/aromatic N) is 3. The summed E-state index contributed by atoms with van der Waals surface area (Å²) in [7, 11) is 0. The van der Waals surface area contributed by atoms with E-state index in [-0.39, 0.29) is 5.91 Å². The second-order valence-corrected chi connectivity index (χ2v) is 9.07. The summed E-state index contributed by atoms with van der Waals surface area (Å²) in [6.07, 6.45) is 5.57. The molecule has 2 heterocycles. The highest BCUT2D eigenvalue weighted by Gasteiger charge is 2.24. The van der Waals surface area contributed by atoms with Crippen LogP contribution in [0.2, 0.25) is 0 Å². The highest BCUT2D eigenvalue weighted by molar-refractivity contribution is 7.16. The summed E-state index contributed by atoms with van der Waals surface area (Å²) < 4.78 is 1.06. The van der Waals surface area contributed by atoms with E-state index in [1.807, 2.05) is 29.2 Å². The molecule has 1 aliphatic carbocycles. The summed E-state index contributed by atoms with van der Waals surface area (Å²) >= 11 is 3.37. The van der Waals surface area contributed by atoms with Crippen LogP contribution in [0, 0.1) is 0 Å². The topological polar surface area (TPSA) is 58.1 Å². The minimum Gasteiger partial charge on any atom is -0.352 e. The van der Waals surface area contributed by atoms with Crippen LogP contribution in [0.3, 0.4) is 0 Å². The fourth-order valence-electron chi connectivity index (χ4n) is 3.93. The Kier molecular flexibility index (Phi) is 6.34. The van der Waals surface area contributed by atoms with E-state index in [1.165, 1.54) is 17.0 Å². The maximum atomic E-state index is 12.4. The number of nitrogens with one attached hydrogen (secondary N) is 1. The molecule has 7 heteroatoms. The number of rotatable bonds is 8. The molecule has 1 aliphatic rings. The zero-order valence-corrected chi connectivity index (χ0v) is 17.8. The van der Waals surface area contributed by atoms with E-state index in [0.717, 1.165) is 61.1 Å². The number of aryl methyl sites for hydroxylation is 1. The molecule has 1 N–H and O–H groups in total. The highest BCUT2D eigenvalue weighted by Crippen LogP contribution is 2.26. The van der Waals surface area contributed by atoms with Gasteiger partial charge in [0.25, 0.3) is 5.91 Å². The lowest BCUT2D eigenvalue weighted by molar-refractivity contribution is 0.0952. The second kappa shape index (κ2) is 9.11. The molecular weight excluding hydrogens is 388 g/mol. The molecule has 1 atom stereocenters. The summed E-state index contributed by atoms with van der Waals surface area (Å²) in [5.41, 5.74) is 6.78. The van der Waals surface area contributed by atoms with E-state index in [0.29, 0.717) is 6.04 Å². The number of likely N-dealkylation sites (N-methyl/N-ethyl adjacent to an activating group) is 1. The third-order valence-electron chi connectivity index (χ3n) is 5.53. The van der Waals surface area contributed by atoms with Gasteiger partial charge in [0.05, 0.1) is 26.9 Å². The first kappa shape index (κ1) is 19.5. The molecule has 2 aromatic heterocycles. The first-order chi connectivity index (χ1) is 13.7. The quantitative estimate of drug-likeness (QED) is 0.563. The third-order valence-corrected chi connectivity index (χ3v) is 7.22. The zero-order valence-electron chi connectivity index (χ0n) is 16.2. The molecule has 0 radical (unpaired) electrons. The SMILES string of the molecule is CCN(CCCCNC(=O)c1ccc2ncsc2c1)C1CCc2ncsc2C1. The third kappa shape index (κ3) is 4.42. The summed E-state index contributed by atoms with van der Waals surface area (Å²) in [6.45, 7) is 5.15. The van der Waals surface area contributed by atoms with Gasteiger partial charge in [-0.3, -0.25) is 4.79 Å². The number of aromatic nitrogens is 2. The highest BCUT2D eigenvalue weighted by atomic mass is 32.1. The van der Waals surface area contributed by atoms with Gasteiger partial charge < -0.3 is 10.2 Å². The Bertz CT molecular complexity index is 935. The molecule has 1 amide bonds. The average molecular weight is 415 g/mol. The standard InChI is InChI=1S/C21H26N4OS2/c1-2-25(16-6-8-18-20(12-16)28-14-24-18)10-4-3-9-22-21(26)15-5-7-17-19(11-15)27-13-23-17/h5,7,11,13-14,16H,2-4,6,8-10,12H2,1H3,(H,22,26). The van der Waals surface area contributed by atoms with Gasteiger partial charge in [0.1, 0.15) is 0 Å². The van der Waals surface area contributed by atoms with Crippen molar-refractivity contribution in [3.63, 3.8) is 0 Å². The van der Waals surface area contributed by atoms with Crippen LogP contribution in [0.4, 0.5) is 0 Å². The molecule has 28 heavy (non-hydrogen) atoms. The van der Waals surface area contributed by atoms with Gasteiger partial charge in [-0.1, -0.05) is 6.92 Å². The summed E-state index contributed by atoms with van der Waals surface area (Å²) in [5.74, 6) is 0.00709. The lowest BCUT2D eigenvalue weighted by Gasteiger charge is -2.33. The van der Waals surface area contributed by atoms with Gasteiger partial charge >= 0.3 is 0 Å². The van der Waals surface area contributed by atoms with Crippen LogP contribution < -0.4 is 5.32 Å². The smallest absolute Gasteiger partial charge is 0.251 e. The van der Waals surface area contributed by atoms with E-state index in [1.54, 1.807) is 22.7 Å². The van der Waals surface area contributed by atoms with E-state index in [2.05, 4.69) is 27.1 Å². The Morgan fingerprint density at radius 1 is 1.25 bits per heavy atom. The predicted molar refractivity (Wildman–Crippen MR) is 116 cm³/mol.